The van der Waals surface area contributed by atoms with Gasteiger partial charge in [-0.15, -0.1) is 0 Å². The first-order valence-corrected chi connectivity index (χ1v) is 12.8. The van der Waals surface area contributed by atoms with E-state index in [4.69, 9.17) is 18.9 Å². The van der Waals surface area contributed by atoms with E-state index >= 15 is 0 Å². The SMILES string of the molecule is CC[C@H]1CN2CCc3cc(OC)c(OC)cc3[C@@H]2C[C@@H]1C[C@H]1NC=Cc2cc(OC)c(OC)cc21. The van der Waals surface area contributed by atoms with E-state index in [-0.39, 0.29) is 6.04 Å². The maximum Gasteiger partial charge on any atom is 0.161 e. The molecule has 0 unspecified atom stereocenters. The molecular formula is C29H38N2O4. The molecule has 4 atom stereocenters. The number of hydrogen-bond donors (Lipinski definition) is 1. The monoisotopic (exact) mass is 478 g/mol. The van der Waals surface area contributed by atoms with E-state index in [0.717, 1.165) is 55.4 Å². The second-order valence-corrected chi connectivity index (χ2v) is 9.96. The highest BCUT2D eigenvalue weighted by molar-refractivity contribution is 5.63. The van der Waals surface area contributed by atoms with Crippen molar-refractivity contribution in [3.8, 4) is 23.0 Å². The molecule has 0 radical (unpaired) electrons. The third-order valence-corrected chi connectivity index (χ3v) is 8.36. The molecule has 35 heavy (non-hydrogen) atoms. The third kappa shape index (κ3) is 4.33. The molecule has 3 aliphatic heterocycles. The Balaban J connectivity index is 1.43. The van der Waals surface area contributed by atoms with Crippen LogP contribution in [0.2, 0.25) is 0 Å². The van der Waals surface area contributed by atoms with E-state index in [2.05, 4.69) is 53.7 Å². The van der Waals surface area contributed by atoms with Crippen molar-refractivity contribution >= 4 is 6.08 Å². The molecule has 0 saturated carbocycles. The van der Waals surface area contributed by atoms with Crippen LogP contribution < -0.4 is 24.3 Å². The number of nitrogens with one attached hydrogen (secondary N) is 1. The minimum Gasteiger partial charge on any atom is -0.493 e. The lowest BCUT2D eigenvalue weighted by molar-refractivity contribution is 0.0443. The van der Waals surface area contributed by atoms with E-state index in [0.29, 0.717) is 17.9 Å². The van der Waals surface area contributed by atoms with Gasteiger partial charge in [-0.05, 0) is 89.9 Å². The summed E-state index contributed by atoms with van der Waals surface area (Å²) in [4.78, 5) is 2.70. The van der Waals surface area contributed by atoms with Gasteiger partial charge >= 0.3 is 0 Å². The molecule has 1 saturated heterocycles. The first-order chi connectivity index (χ1) is 17.1. The molecule has 0 aliphatic carbocycles. The summed E-state index contributed by atoms with van der Waals surface area (Å²) >= 11 is 0. The number of piperidine rings is 1. The van der Waals surface area contributed by atoms with Crippen LogP contribution in [0.4, 0.5) is 0 Å². The molecule has 0 aromatic heterocycles. The van der Waals surface area contributed by atoms with Gasteiger partial charge < -0.3 is 24.3 Å². The number of fused-ring (bicyclic) bond motifs is 4. The van der Waals surface area contributed by atoms with E-state index < -0.39 is 0 Å². The van der Waals surface area contributed by atoms with E-state index in [1.54, 1.807) is 28.4 Å². The molecule has 3 heterocycles. The minimum atomic E-state index is 0.258. The summed E-state index contributed by atoms with van der Waals surface area (Å²) in [6.45, 7) is 4.61. The van der Waals surface area contributed by atoms with Crippen LogP contribution in [0.15, 0.2) is 30.5 Å². The quantitative estimate of drug-likeness (QED) is 0.577. The highest BCUT2D eigenvalue weighted by Gasteiger charge is 2.40. The smallest absolute Gasteiger partial charge is 0.161 e. The molecule has 3 aliphatic rings. The molecule has 5 rings (SSSR count). The predicted octanol–water partition coefficient (Wildman–Crippen LogP) is 5.37. The topological polar surface area (TPSA) is 52.2 Å². The predicted molar refractivity (Wildman–Crippen MR) is 139 cm³/mol. The maximum absolute atomic E-state index is 5.67. The zero-order valence-corrected chi connectivity index (χ0v) is 21.6. The van der Waals surface area contributed by atoms with Crippen molar-refractivity contribution < 1.29 is 18.9 Å². The largest absolute Gasteiger partial charge is 0.493 e. The van der Waals surface area contributed by atoms with Crippen molar-refractivity contribution in [2.75, 3.05) is 41.5 Å². The fourth-order valence-corrected chi connectivity index (χ4v) is 6.45. The van der Waals surface area contributed by atoms with Gasteiger partial charge in [0.25, 0.3) is 0 Å². The molecule has 188 valence electrons. The Morgan fingerprint density at radius 1 is 0.857 bits per heavy atom. The molecular weight excluding hydrogens is 440 g/mol. The zero-order chi connectivity index (χ0) is 24.5. The van der Waals surface area contributed by atoms with Crippen molar-refractivity contribution in [2.24, 2.45) is 11.8 Å². The number of ether oxygens (including phenoxy) is 4. The number of methoxy groups -OCH3 is 4. The summed E-state index contributed by atoms with van der Waals surface area (Å²) in [5.41, 5.74) is 5.31. The van der Waals surface area contributed by atoms with Crippen LogP contribution >= 0.6 is 0 Å². The first-order valence-electron chi connectivity index (χ1n) is 12.8. The van der Waals surface area contributed by atoms with Crippen molar-refractivity contribution in [3.05, 3.63) is 52.7 Å². The molecule has 1 N–H and O–H groups in total. The standard InChI is InChI=1S/C29H38N2O4/c1-6-18-17-31-10-8-20-14-27(33-3)29(35-5)16-23(20)25(31)12-21(18)11-24-22-15-28(34-4)26(32-2)13-19(22)7-9-30-24/h7,9,13-16,18,21,24-25,30H,6,8,10-12,17H2,1-5H3/t18-,21-,24+,25-/m0/s1. The molecule has 0 amide bonds. The van der Waals surface area contributed by atoms with Gasteiger partial charge in [0.15, 0.2) is 23.0 Å². The van der Waals surface area contributed by atoms with Gasteiger partial charge in [-0.2, -0.15) is 0 Å². The third-order valence-electron chi connectivity index (χ3n) is 8.36. The number of benzene rings is 2. The highest BCUT2D eigenvalue weighted by Crippen LogP contribution is 2.48. The average Bonchev–Trinajstić information content (AvgIpc) is 2.91. The van der Waals surface area contributed by atoms with Gasteiger partial charge in [-0.3, -0.25) is 4.90 Å². The van der Waals surface area contributed by atoms with Gasteiger partial charge in [-0.1, -0.05) is 13.3 Å². The lowest BCUT2D eigenvalue weighted by atomic mass is 9.72. The van der Waals surface area contributed by atoms with Gasteiger partial charge in [0.1, 0.15) is 0 Å². The minimum absolute atomic E-state index is 0.258. The molecule has 2 aromatic rings. The second-order valence-electron chi connectivity index (χ2n) is 9.96. The Labute approximate surface area is 209 Å². The Hall–Kier alpha value is -2.86. The van der Waals surface area contributed by atoms with Crippen molar-refractivity contribution in [1.82, 2.24) is 10.2 Å². The van der Waals surface area contributed by atoms with Crippen LogP contribution in [-0.2, 0) is 6.42 Å². The van der Waals surface area contributed by atoms with Crippen LogP contribution in [0.25, 0.3) is 6.08 Å². The van der Waals surface area contributed by atoms with E-state index in [9.17, 15) is 0 Å². The molecule has 6 nitrogen and oxygen atoms in total. The fourth-order valence-electron chi connectivity index (χ4n) is 6.45. The maximum atomic E-state index is 5.67. The number of hydrogen-bond acceptors (Lipinski definition) is 6. The van der Waals surface area contributed by atoms with Crippen molar-refractivity contribution in [2.45, 2.75) is 44.7 Å². The summed E-state index contributed by atoms with van der Waals surface area (Å²) < 4.78 is 22.4. The number of rotatable bonds is 7. The zero-order valence-electron chi connectivity index (χ0n) is 21.6. The Bertz CT molecular complexity index is 1100. The van der Waals surface area contributed by atoms with E-state index in [1.807, 2.05) is 0 Å². The lowest BCUT2D eigenvalue weighted by Crippen LogP contribution is -2.46. The van der Waals surface area contributed by atoms with Crippen LogP contribution in [0.1, 0.15) is 60.5 Å². The summed E-state index contributed by atoms with van der Waals surface area (Å²) in [6, 6.07) is 9.34. The molecule has 0 spiro atoms. The van der Waals surface area contributed by atoms with Gasteiger partial charge in [-0.25, -0.2) is 0 Å². The Morgan fingerprint density at radius 2 is 1.51 bits per heavy atom. The highest BCUT2D eigenvalue weighted by atomic mass is 16.5. The normalized spacial score (nSPS) is 25.1. The fraction of sp³-hybridized carbons (Fsp3) is 0.517. The lowest BCUT2D eigenvalue weighted by Gasteiger charge is -2.48. The van der Waals surface area contributed by atoms with Crippen molar-refractivity contribution in [3.63, 3.8) is 0 Å². The number of nitrogens with zero attached hydrogens (tertiary/aromatic N) is 1. The Morgan fingerprint density at radius 3 is 2.20 bits per heavy atom. The molecule has 6 heteroatoms. The van der Waals surface area contributed by atoms with Gasteiger partial charge in [0.2, 0.25) is 0 Å². The summed E-state index contributed by atoms with van der Waals surface area (Å²) in [5, 5.41) is 3.65. The van der Waals surface area contributed by atoms with Crippen LogP contribution in [0.5, 0.6) is 23.0 Å². The van der Waals surface area contributed by atoms with E-state index in [1.165, 1.54) is 28.7 Å². The van der Waals surface area contributed by atoms with Crippen LogP contribution in [0, 0.1) is 11.8 Å². The molecule has 0 bridgehead atoms. The molecule has 2 aromatic carbocycles. The summed E-state index contributed by atoms with van der Waals surface area (Å²) in [7, 11) is 6.84. The molecule has 1 fully saturated rings. The average molecular weight is 479 g/mol. The second kappa shape index (κ2) is 10.0. The van der Waals surface area contributed by atoms with Crippen molar-refractivity contribution in [1.29, 1.82) is 0 Å². The van der Waals surface area contributed by atoms with Gasteiger partial charge in [0.05, 0.1) is 34.5 Å². The van der Waals surface area contributed by atoms with Crippen LogP contribution in [0.3, 0.4) is 0 Å². The Kier molecular flexibility index (Phi) is 6.83. The first kappa shape index (κ1) is 23.9. The summed E-state index contributed by atoms with van der Waals surface area (Å²) in [6.07, 6.45) is 8.74. The van der Waals surface area contributed by atoms with Crippen LogP contribution in [-0.4, -0.2) is 46.4 Å². The summed E-state index contributed by atoms with van der Waals surface area (Å²) in [5.74, 6) is 4.53. The van der Waals surface area contributed by atoms with Gasteiger partial charge in [0, 0.05) is 19.1 Å².